The zero-order chi connectivity index (χ0) is 40.0. The third-order valence-corrected chi connectivity index (χ3v) is 12.1. The molecule has 0 aliphatic heterocycles. The highest BCUT2D eigenvalue weighted by Gasteiger charge is 2.40. The molecule has 1 amide bonds. The molecule has 0 radical (unpaired) electrons. The van der Waals surface area contributed by atoms with Crippen LogP contribution in [0.4, 0.5) is 4.79 Å². The normalized spacial score (nSPS) is 13.2. The standard InChI is InChI=1S/C41H43NO9S4/c1-27(2)38(46)50-22-21-42-39(47)51-26-41(49,37(45)29-5-13-32(52-3)14-6-29)31-11-19-35(20-12-31)55-24-23-54-34-15-7-28(8-16-34)36(44)40(48,25-43)30-9-17-33(53-4)18-10-30/h5-20,43,48-49H,1,21-26H2,2-4H3,(H,42,47). The van der Waals surface area contributed by atoms with E-state index in [1.807, 2.05) is 12.5 Å². The van der Waals surface area contributed by atoms with Gasteiger partial charge in [-0.3, -0.25) is 9.59 Å². The second-order valence-electron chi connectivity index (χ2n) is 12.2. The van der Waals surface area contributed by atoms with E-state index >= 15 is 0 Å². The number of carbonyl (C=O) groups excluding carboxylic acids is 4. The van der Waals surface area contributed by atoms with Crippen molar-refractivity contribution in [2.75, 3.05) is 50.4 Å². The summed E-state index contributed by atoms with van der Waals surface area (Å²) < 4.78 is 10.2. The minimum Gasteiger partial charge on any atom is -0.460 e. The monoisotopic (exact) mass is 821 g/mol. The van der Waals surface area contributed by atoms with Crippen LogP contribution in [0.15, 0.2) is 129 Å². The van der Waals surface area contributed by atoms with E-state index in [9.17, 15) is 34.5 Å². The van der Waals surface area contributed by atoms with Crippen molar-refractivity contribution < 1.29 is 44.0 Å². The quantitative estimate of drug-likeness (QED) is 0.0238. The smallest absolute Gasteiger partial charge is 0.407 e. The lowest BCUT2D eigenvalue weighted by atomic mass is 9.86. The van der Waals surface area contributed by atoms with Gasteiger partial charge in [-0.15, -0.1) is 47.0 Å². The first-order chi connectivity index (χ1) is 26.3. The fourth-order valence-electron chi connectivity index (χ4n) is 5.15. The van der Waals surface area contributed by atoms with Crippen molar-refractivity contribution in [2.24, 2.45) is 0 Å². The average molecular weight is 822 g/mol. The van der Waals surface area contributed by atoms with E-state index in [1.165, 1.54) is 30.4 Å². The number of thioether (sulfide) groups is 4. The van der Waals surface area contributed by atoms with E-state index in [0.29, 0.717) is 5.56 Å². The molecule has 0 bridgehead atoms. The maximum Gasteiger partial charge on any atom is 0.407 e. The summed E-state index contributed by atoms with van der Waals surface area (Å²) in [6.45, 7) is 3.44. The molecule has 10 nitrogen and oxygen atoms in total. The Morgan fingerprint density at radius 2 is 1.07 bits per heavy atom. The SMILES string of the molecule is C=C(C)C(=O)OCCNC(=O)OCC(O)(C(=O)c1ccc(SC)cc1)c1ccc(SCCSc2ccc(C(=O)C(O)(CO)c3ccc(SC)cc3)cc2)cc1. The Morgan fingerprint density at radius 1 is 0.655 bits per heavy atom. The molecule has 4 rings (SSSR count). The second kappa shape index (κ2) is 20.8. The van der Waals surface area contributed by atoms with Crippen LogP contribution in [0.3, 0.4) is 0 Å². The van der Waals surface area contributed by atoms with Crippen molar-refractivity contribution in [3.05, 3.63) is 131 Å². The minimum atomic E-state index is -2.19. The van der Waals surface area contributed by atoms with E-state index in [2.05, 4.69) is 11.9 Å². The van der Waals surface area contributed by atoms with Crippen molar-refractivity contribution in [3.63, 3.8) is 0 Å². The van der Waals surface area contributed by atoms with Crippen LogP contribution in [0.5, 0.6) is 0 Å². The van der Waals surface area contributed by atoms with Crippen LogP contribution in [-0.2, 0) is 25.5 Å². The van der Waals surface area contributed by atoms with Gasteiger partial charge in [0.2, 0.25) is 11.6 Å². The van der Waals surface area contributed by atoms with Gasteiger partial charge in [-0.2, -0.15) is 0 Å². The molecular weight excluding hydrogens is 779 g/mol. The molecule has 4 aromatic rings. The first kappa shape index (κ1) is 43.7. The van der Waals surface area contributed by atoms with E-state index in [4.69, 9.17) is 9.47 Å². The molecule has 2 atom stereocenters. The van der Waals surface area contributed by atoms with E-state index < -0.39 is 48.0 Å². The molecule has 0 saturated carbocycles. The first-order valence-electron chi connectivity index (χ1n) is 17.0. The lowest BCUT2D eigenvalue weighted by Gasteiger charge is -2.27. The lowest BCUT2D eigenvalue weighted by Crippen LogP contribution is -2.42. The Bertz CT molecular complexity index is 1940. The predicted octanol–water partition coefficient (Wildman–Crippen LogP) is 6.99. The van der Waals surface area contributed by atoms with Gasteiger partial charge < -0.3 is 30.1 Å². The maximum atomic E-state index is 13.7. The summed E-state index contributed by atoms with van der Waals surface area (Å²) in [6, 6.07) is 27.4. The molecule has 0 spiro atoms. The Hall–Kier alpha value is -4.02. The van der Waals surface area contributed by atoms with Crippen molar-refractivity contribution in [1.82, 2.24) is 5.32 Å². The van der Waals surface area contributed by atoms with E-state index in [0.717, 1.165) is 31.1 Å². The molecule has 4 N–H and O–H groups in total. The summed E-state index contributed by atoms with van der Waals surface area (Å²) in [4.78, 5) is 54.7. The summed E-state index contributed by atoms with van der Waals surface area (Å²) in [5, 5.41) is 35.4. The number of carbonyl (C=O) groups is 4. The number of esters is 1. The van der Waals surface area contributed by atoms with Gasteiger partial charge in [-0.25, -0.2) is 9.59 Å². The largest absolute Gasteiger partial charge is 0.460 e. The topological polar surface area (TPSA) is 159 Å². The van der Waals surface area contributed by atoms with Crippen molar-refractivity contribution in [2.45, 2.75) is 37.7 Å². The number of hydrogen-bond acceptors (Lipinski definition) is 13. The number of alkyl carbamates (subject to hydrolysis) is 1. The summed E-state index contributed by atoms with van der Waals surface area (Å²) >= 11 is 6.21. The lowest BCUT2D eigenvalue weighted by molar-refractivity contribution is -0.138. The first-order valence-corrected chi connectivity index (χ1v) is 21.4. The highest BCUT2D eigenvalue weighted by atomic mass is 32.2. The summed E-state index contributed by atoms with van der Waals surface area (Å²) in [7, 11) is 0. The zero-order valence-corrected chi connectivity index (χ0v) is 33.9. The number of amides is 1. The Kier molecular flexibility index (Phi) is 16.5. The highest BCUT2D eigenvalue weighted by Crippen LogP contribution is 2.32. The molecule has 0 heterocycles. The van der Waals surface area contributed by atoms with Gasteiger partial charge in [0.1, 0.15) is 13.2 Å². The van der Waals surface area contributed by atoms with E-state index in [-0.39, 0.29) is 35.4 Å². The zero-order valence-electron chi connectivity index (χ0n) is 30.6. The second-order valence-corrected chi connectivity index (χ2v) is 16.3. The molecule has 0 saturated heterocycles. The van der Waals surface area contributed by atoms with Crippen LogP contribution in [0.2, 0.25) is 0 Å². The van der Waals surface area contributed by atoms with Gasteiger partial charge in [-0.1, -0.05) is 55.1 Å². The molecule has 55 heavy (non-hydrogen) atoms. The average Bonchev–Trinajstić information content (AvgIpc) is 3.22. The van der Waals surface area contributed by atoms with Crippen molar-refractivity contribution in [1.29, 1.82) is 0 Å². The fourth-order valence-corrected chi connectivity index (χ4v) is 7.76. The summed E-state index contributed by atoms with van der Waals surface area (Å²) in [5.74, 6) is -0.369. The van der Waals surface area contributed by atoms with Gasteiger partial charge in [0.25, 0.3) is 0 Å². The molecule has 4 aromatic carbocycles. The molecule has 290 valence electrons. The fraction of sp³-hybridized carbons (Fsp3) is 0.268. The van der Waals surface area contributed by atoms with Gasteiger partial charge >= 0.3 is 12.1 Å². The predicted molar refractivity (Wildman–Crippen MR) is 219 cm³/mol. The Morgan fingerprint density at radius 3 is 1.53 bits per heavy atom. The van der Waals surface area contributed by atoms with Crippen LogP contribution < -0.4 is 5.32 Å². The van der Waals surface area contributed by atoms with Crippen LogP contribution in [0.25, 0.3) is 0 Å². The third kappa shape index (κ3) is 11.7. The van der Waals surface area contributed by atoms with Crippen LogP contribution in [0.1, 0.15) is 38.8 Å². The van der Waals surface area contributed by atoms with Crippen LogP contribution >= 0.6 is 47.0 Å². The molecule has 14 heteroatoms. The molecule has 0 aliphatic rings. The number of aliphatic hydroxyl groups is 3. The van der Waals surface area contributed by atoms with Gasteiger partial charge in [0.15, 0.2) is 11.2 Å². The van der Waals surface area contributed by atoms with Gasteiger partial charge in [0, 0.05) is 47.8 Å². The number of Topliss-reactive ketones (excluding diaryl/α,β-unsaturated/α-hetero) is 2. The van der Waals surface area contributed by atoms with Gasteiger partial charge in [0.05, 0.1) is 13.2 Å². The third-order valence-electron chi connectivity index (χ3n) is 8.33. The number of rotatable bonds is 20. The van der Waals surface area contributed by atoms with E-state index in [1.54, 1.807) is 121 Å². The molecule has 2 unspecified atom stereocenters. The van der Waals surface area contributed by atoms with Crippen LogP contribution in [0, 0.1) is 0 Å². The summed E-state index contributed by atoms with van der Waals surface area (Å²) in [5.41, 5.74) is -2.92. The Labute approximate surface area is 337 Å². The number of aliphatic hydroxyl groups excluding tert-OH is 1. The number of ether oxygens (including phenoxy) is 2. The molecule has 0 fully saturated rings. The molecule has 0 aromatic heterocycles. The van der Waals surface area contributed by atoms with Crippen LogP contribution in [-0.4, -0.2) is 89.3 Å². The van der Waals surface area contributed by atoms with Crippen molar-refractivity contribution >= 4 is 70.7 Å². The van der Waals surface area contributed by atoms with Gasteiger partial charge in [-0.05, 0) is 79.1 Å². The maximum absolute atomic E-state index is 13.7. The highest BCUT2D eigenvalue weighted by molar-refractivity contribution is 8.03. The number of ketones is 2. The molecular formula is C41H43NO9S4. The number of nitrogens with one attached hydrogen (secondary N) is 1. The number of hydrogen-bond donors (Lipinski definition) is 4. The minimum absolute atomic E-state index is 0.0431. The van der Waals surface area contributed by atoms with Crippen molar-refractivity contribution in [3.8, 4) is 0 Å². The summed E-state index contributed by atoms with van der Waals surface area (Å²) in [6.07, 6.45) is 2.94. The Balaban J connectivity index is 1.35. The number of benzene rings is 4. The molecule has 0 aliphatic carbocycles.